The van der Waals surface area contributed by atoms with E-state index in [0.717, 1.165) is 26.0 Å². The molecule has 0 aromatic carbocycles. The maximum absolute atomic E-state index is 9.74. The van der Waals surface area contributed by atoms with Crippen molar-refractivity contribution >= 4 is 0 Å². The highest BCUT2D eigenvalue weighted by atomic mass is 16.5. The lowest BCUT2D eigenvalue weighted by atomic mass is 10.1. The average molecular weight is 231 g/mol. The summed E-state index contributed by atoms with van der Waals surface area (Å²) < 4.78 is 5.39. The van der Waals surface area contributed by atoms with Crippen LogP contribution in [0.4, 0.5) is 0 Å². The van der Waals surface area contributed by atoms with Gasteiger partial charge in [-0.15, -0.1) is 0 Å². The number of rotatable bonds is 10. The first-order chi connectivity index (χ1) is 7.60. The summed E-state index contributed by atoms with van der Waals surface area (Å²) in [6.45, 7) is 9.55. The van der Waals surface area contributed by atoms with Gasteiger partial charge in [0.1, 0.15) is 0 Å². The molecule has 0 amide bonds. The van der Waals surface area contributed by atoms with E-state index in [0.29, 0.717) is 19.1 Å². The molecule has 2 unspecified atom stereocenters. The maximum Gasteiger partial charge on any atom is 0.0900 e. The van der Waals surface area contributed by atoms with Crippen LogP contribution in [0, 0.1) is 5.92 Å². The van der Waals surface area contributed by atoms with Gasteiger partial charge in [0, 0.05) is 19.7 Å². The first-order valence-corrected chi connectivity index (χ1v) is 6.54. The van der Waals surface area contributed by atoms with Crippen LogP contribution < -0.4 is 0 Å². The van der Waals surface area contributed by atoms with E-state index in [4.69, 9.17) is 4.74 Å². The minimum Gasteiger partial charge on any atom is -0.389 e. The van der Waals surface area contributed by atoms with Crippen LogP contribution in [0.5, 0.6) is 0 Å². The number of likely N-dealkylation sites (N-methyl/N-ethyl adjacent to an activating group) is 1. The van der Waals surface area contributed by atoms with Crippen molar-refractivity contribution in [2.45, 2.75) is 46.1 Å². The van der Waals surface area contributed by atoms with E-state index in [-0.39, 0.29) is 6.10 Å². The fourth-order valence-electron chi connectivity index (χ4n) is 1.61. The van der Waals surface area contributed by atoms with Crippen molar-refractivity contribution in [3.8, 4) is 0 Å². The van der Waals surface area contributed by atoms with Gasteiger partial charge in [-0.1, -0.05) is 33.6 Å². The standard InChI is InChI=1S/C13H29NO2/c1-5-7-8-16-11-13(15)10-14(4)9-12(3)6-2/h12-13,15H,5-11H2,1-4H3. The van der Waals surface area contributed by atoms with Gasteiger partial charge in [0.05, 0.1) is 12.7 Å². The first-order valence-electron chi connectivity index (χ1n) is 6.54. The zero-order valence-electron chi connectivity index (χ0n) is 11.4. The Morgan fingerprint density at radius 3 is 2.50 bits per heavy atom. The Morgan fingerprint density at radius 1 is 1.25 bits per heavy atom. The smallest absolute Gasteiger partial charge is 0.0900 e. The molecule has 3 heteroatoms. The fraction of sp³-hybridized carbons (Fsp3) is 1.00. The van der Waals surface area contributed by atoms with Crippen LogP contribution in [0.1, 0.15) is 40.0 Å². The Morgan fingerprint density at radius 2 is 1.94 bits per heavy atom. The molecule has 0 saturated carbocycles. The van der Waals surface area contributed by atoms with E-state index in [1.165, 1.54) is 6.42 Å². The Hall–Kier alpha value is -0.120. The highest BCUT2D eigenvalue weighted by Gasteiger charge is 2.10. The number of nitrogens with zero attached hydrogens (tertiary/aromatic N) is 1. The number of aliphatic hydroxyl groups is 1. The molecule has 0 bridgehead atoms. The molecule has 0 aromatic heterocycles. The molecule has 0 aromatic rings. The van der Waals surface area contributed by atoms with E-state index in [9.17, 15) is 5.11 Å². The van der Waals surface area contributed by atoms with E-state index < -0.39 is 0 Å². The molecule has 2 atom stereocenters. The Balaban J connectivity index is 3.49. The van der Waals surface area contributed by atoms with Gasteiger partial charge >= 0.3 is 0 Å². The molecule has 0 spiro atoms. The third kappa shape index (κ3) is 9.13. The van der Waals surface area contributed by atoms with Crippen LogP contribution in [0.3, 0.4) is 0 Å². The minimum atomic E-state index is -0.356. The molecular formula is C13H29NO2. The lowest BCUT2D eigenvalue weighted by molar-refractivity contribution is 0.0181. The summed E-state index contributed by atoms with van der Waals surface area (Å²) in [4.78, 5) is 2.18. The van der Waals surface area contributed by atoms with Crippen LogP contribution in [-0.4, -0.2) is 49.5 Å². The summed E-state index contributed by atoms with van der Waals surface area (Å²) in [6.07, 6.45) is 3.05. The third-order valence-electron chi connectivity index (χ3n) is 2.80. The fourth-order valence-corrected chi connectivity index (χ4v) is 1.61. The summed E-state index contributed by atoms with van der Waals surface area (Å²) in [5.41, 5.74) is 0. The van der Waals surface area contributed by atoms with Crippen molar-refractivity contribution in [1.29, 1.82) is 0 Å². The molecule has 1 N–H and O–H groups in total. The van der Waals surface area contributed by atoms with Gasteiger partial charge in [-0.05, 0) is 19.4 Å². The molecule has 3 nitrogen and oxygen atoms in total. The predicted octanol–water partition coefficient (Wildman–Crippen LogP) is 2.14. The normalized spacial score (nSPS) is 15.4. The number of ether oxygens (including phenoxy) is 1. The zero-order chi connectivity index (χ0) is 12.4. The lowest BCUT2D eigenvalue weighted by Crippen LogP contribution is -2.34. The summed E-state index contributed by atoms with van der Waals surface area (Å²) in [6, 6.07) is 0. The number of unbranched alkanes of at least 4 members (excludes halogenated alkanes) is 1. The lowest BCUT2D eigenvalue weighted by Gasteiger charge is -2.23. The summed E-state index contributed by atoms with van der Waals surface area (Å²) in [5, 5.41) is 9.74. The van der Waals surface area contributed by atoms with Crippen molar-refractivity contribution in [2.24, 2.45) is 5.92 Å². The largest absolute Gasteiger partial charge is 0.389 e. The molecular weight excluding hydrogens is 202 g/mol. The molecule has 0 aliphatic rings. The van der Waals surface area contributed by atoms with Crippen molar-refractivity contribution < 1.29 is 9.84 Å². The summed E-state index contributed by atoms with van der Waals surface area (Å²) in [7, 11) is 2.06. The van der Waals surface area contributed by atoms with Crippen molar-refractivity contribution in [2.75, 3.05) is 33.4 Å². The van der Waals surface area contributed by atoms with E-state index in [2.05, 4.69) is 32.7 Å². The monoisotopic (exact) mass is 231 g/mol. The molecule has 98 valence electrons. The average Bonchev–Trinajstić information content (AvgIpc) is 2.24. The van der Waals surface area contributed by atoms with E-state index >= 15 is 0 Å². The van der Waals surface area contributed by atoms with Crippen molar-refractivity contribution in [3.05, 3.63) is 0 Å². The quantitative estimate of drug-likeness (QED) is 0.585. The molecule has 0 radical (unpaired) electrons. The summed E-state index contributed by atoms with van der Waals surface area (Å²) in [5.74, 6) is 0.693. The Kier molecular flexibility index (Phi) is 9.99. The second-order valence-electron chi connectivity index (χ2n) is 4.82. The molecule has 0 saturated heterocycles. The van der Waals surface area contributed by atoms with Gasteiger partial charge in [0.15, 0.2) is 0 Å². The van der Waals surface area contributed by atoms with Gasteiger partial charge < -0.3 is 14.7 Å². The van der Waals surface area contributed by atoms with Gasteiger partial charge in [-0.2, -0.15) is 0 Å². The Labute approximate surface area is 101 Å². The van der Waals surface area contributed by atoms with Crippen LogP contribution >= 0.6 is 0 Å². The number of hydrogen-bond donors (Lipinski definition) is 1. The Bertz CT molecular complexity index is 153. The highest BCUT2D eigenvalue weighted by molar-refractivity contribution is 4.63. The molecule has 0 fully saturated rings. The maximum atomic E-state index is 9.74. The summed E-state index contributed by atoms with van der Waals surface area (Å²) >= 11 is 0. The van der Waals surface area contributed by atoms with Crippen molar-refractivity contribution in [1.82, 2.24) is 4.90 Å². The van der Waals surface area contributed by atoms with Gasteiger partial charge in [0.25, 0.3) is 0 Å². The van der Waals surface area contributed by atoms with Crippen LogP contribution in [0.25, 0.3) is 0 Å². The van der Waals surface area contributed by atoms with Gasteiger partial charge in [0.2, 0.25) is 0 Å². The van der Waals surface area contributed by atoms with Gasteiger partial charge in [-0.25, -0.2) is 0 Å². The topological polar surface area (TPSA) is 32.7 Å². The second-order valence-corrected chi connectivity index (χ2v) is 4.82. The molecule has 0 heterocycles. The van der Waals surface area contributed by atoms with Crippen LogP contribution in [0.15, 0.2) is 0 Å². The molecule has 0 aliphatic carbocycles. The van der Waals surface area contributed by atoms with Crippen LogP contribution in [-0.2, 0) is 4.74 Å². The third-order valence-corrected chi connectivity index (χ3v) is 2.80. The highest BCUT2D eigenvalue weighted by Crippen LogP contribution is 2.03. The molecule has 0 rings (SSSR count). The van der Waals surface area contributed by atoms with E-state index in [1.54, 1.807) is 0 Å². The number of aliphatic hydroxyl groups excluding tert-OH is 1. The van der Waals surface area contributed by atoms with Crippen LogP contribution in [0.2, 0.25) is 0 Å². The van der Waals surface area contributed by atoms with Crippen molar-refractivity contribution in [3.63, 3.8) is 0 Å². The molecule has 0 aliphatic heterocycles. The first kappa shape index (κ1) is 15.9. The second kappa shape index (κ2) is 10.1. The van der Waals surface area contributed by atoms with Gasteiger partial charge in [-0.3, -0.25) is 0 Å². The molecule has 16 heavy (non-hydrogen) atoms. The van der Waals surface area contributed by atoms with E-state index in [1.807, 2.05) is 0 Å². The SMILES string of the molecule is CCCCOCC(O)CN(C)CC(C)CC. The number of hydrogen-bond acceptors (Lipinski definition) is 3. The zero-order valence-corrected chi connectivity index (χ0v) is 11.4. The minimum absolute atomic E-state index is 0.356. The predicted molar refractivity (Wildman–Crippen MR) is 68.7 cm³/mol.